The Morgan fingerprint density at radius 1 is 1.25 bits per heavy atom. The fourth-order valence-corrected chi connectivity index (χ4v) is 2.64. The zero-order chi connectivity index (χ0) is 12.3. The molecule has 0 N–H and O–H groups in total. The lowest BCUT2D eigenvalue weighted by Gasteiger charge is -2.10. The minimum absolute atomic E-state index is 0.194. The van der Waals surface area contributed by atoms with Crippen LogP contribution in [0.1, 0.15) is 25.0 Å². The highest BCUT2D eigenvalue weighted by atomic mass is 32.2. The number of hydrogen-bond donors (Lipinski definition) is 0. The van der Waals surface area contributed by atoms with Gasteiger partial charge in [0.1, 0.15) is 0 Å². The summed E-state index contributed by atoms with van der Waals surface area (Å²) in [5.41, 5.74) is 1.63. The van der Waals surface area contributed by atoms with Gasteiger partial charge in [0.2, 0.25) is 0 Å². The maximum atomic E-state index is 11.9. The lowest BCUT2D eigenvalue weighted by molar-refractivity contribution is 0.275. The van der Waals surface area contributed by atoms with Gasteiger partial charge in [0.25, 0.3) is 10.1 Å². The van der Waals surface area contributed by atoms with E-state index in [0.29, 0.717) is 5.56 Å². The summed E-state index contributed by atoms with van der Waals surface area (Å²) in [5, 5.41) is 0. The Balaban J connectivity index is 3.02. The molecule has 0 aromatic heterocycles. The van der Waals surface area contributed by atoms with Crippen molar-refractivity contribution in [2.24, 2.45) is 5.92 Å². The summed E-state index contributed by atoms with van der Waals surface area (Å²) >= 11 is 0. The van der Waals surface area contributed by atoms with Crippen molar-refractivity contribution < 1.29 is 12.6 Å². The van der Waals surface area contributed by atoms with Crippen molar-refractivity contribution in [3.05, 3.63) is 29.3 Å². The minimum atomic E-state index is -3.61. The molecule has 1 rings (SSSR count). The molecule has 0 aliphatic carbocycles. The van der Waals surface area contributed by atoms with E-state index in [4.69, 9.17) is 4.18 Å². The predicted molar refractivity (Wildman–Crippen MR) is 63.9 cm³/mol. The van der Waals surface area contributed by atoms with E-state index in [2.05, 4.69) is 0 Å². The second-order valence-electron chi connectivity index (χ2n) is 4.40. The Labute approximate surface area is 97.6 Å². The van der Waals surface area contributed by atoms with E-state index in [9.17, 15) is 8.42 Å². The van der Waals surface area contributed by atoms with E-state index in [1.165, 1.54) is 0 Å². The van der Waals surface area contributed by atoms with E-state index in [0.717, 1.165) is 5.56 Å². The summed E-state index contributed by atoms with van der Waals surface area (Å²) in [6, 6.07) is 5.32. The van der Waals surface area contributed by atoms with E-state index >= 15 is 0 Å². The van der Waals surface area contributed by atoms with E-state index in [-0.39, 0.29) is 17.4 Å². The molecule has 0 radical (unpaired) electrons. The Kier molecular flexibility index (Phi) is 4.10. The normalized spacial score (nSPS) is 12.1. The van der Waals surface area contributed by atoms with Crippen LogP contribution < -0.4 is 0 Å². The summed E-state index contributed by atoms with van der Waals surface area (Å²) < 4.78 is 28.8. The molecule has 0 aliphatic heterocycles. The van der Waals surface area contributed by atoms with Crippen LogP contribution in [0.5, 0.6) is 0 Å². The van der Waals surface area contributed by atoms with Gasteiger partial charge in [0, 0.05) is 0 Å². The largest absolute Gasteiger partial charge is 0.297 e. The molecule has 0 bridgehead atoms. The molecule has 0 saturated carbocycles. The average molecular weight is 242 g/mol. The fourth-order valence-electron chi connectivity index (χ4n) is 1.27. The standard InChI is InChI=1S/C12H18O3S/c1-9(2)8-15-16(13,14)12-7-10(3)5-6-11(12)4/h5-7,9H,8H2,1-4H3. The van der Waals surface area contributed by atoms with Crippen molar-refractivity contribution in [3.8, 4) is 0 Å². The molecule has 1 aromatic rings. The maximum Gasteiger partial charge on any atom is 0.297 e. The number of hydrogen-bond acceptors (Lipinski definition) is 3. The van der Waals surface area contributed by atoms with Gasteiger partial charge in [0.05, 0.1) is 11.5 Å². The van der Waals surface area contributed by atoms with Crippen LogP contribution in [0.4, 0.5) is 0 Å². The van der Waals surface area contributed by atoms with Crippen molar-refractivity contribution in [2.45, 2.75) is 32.6 Å². The van der Waals surface area contributed by atoms with Crippen LogP contribution in [0, 0.1) is 19.8 Å². The van der Waals surface area contributed by atoms with Gasteiger partial charge in [-0.15, -0.1) is 0 Å². The van der Waals surface area contributed by atoms with Crippen LogP contribution in [-0.2, 0) is 14.3 Å². The van der Waals surface area contributed by atoms with Gasteiger partial charge < -0.3 is 0 Å². The first kappa shape index (κ1) is 13.2. The summed E-state index contributed by atoms with van der Waals surface area (Å²) in [6.45, 7) is 7.68. The van der Waals surface area contributed by atoms with Crippen LogP contribution in [0.25, 0.3) is 0 Å². The van der Waals surface area contributed by atoms with Gasteiger partial charge in [0.15, 0.2) is 0 Å². The highest BCUT2D eigenvalue weighted by Gasteiger charge is 2.18. The van der Waals surface area contributed by atoms with Gasteiger partial charge in [-0.3, -0.25) is 4.18 Å². The number of benzene rings is 1. The molecule has 0 amide bonds. The quantitative estimate of drug-likeness (QED) is 0.762. The SMILES string of the molecule is Cc1ccc(C)c(S(=O)(=O)OCC(C)C)c1. The van der Waals surface area contributed by atoms with Gasteiger partial charge in [-0.25, -0.2) is 0 Å². The van der Waals surface area contributed by atoms with Crippen molar-refractivity contribution in [2.75, 3.05) is 6.61 Å². The molecule has 16 heavy (non-hydrogen) atoms. The fraction of sp³-hybridized carbons (Fsp3) is 0.500. The molecular weight excluding hydrogens is 224 g/mol. The van der Waals surface area contributed by atoms with E-state index < -0.39 is 10.1 Å². The molecule has 90 valence electrons. The van der Waals surface area contributed by atoms with Crippen LogP contribution in [0.2, 0.25) is 0 Å². The third-order valence-electron chi connectivity index (χ3n) is 2.17. The Morgan fingerprint density at radius 2 is 1.88 bits per heavy atom. The molecule has 0 heterocycles. The van der Waals surface area contributed by atoms with Gasteiger partial charge in [-0.1, -0.05) is 26.0 Å². The Morgan fingerprint density at radius 3 is 2.44 bits per heavy atom. The maximum absolute atomic E-state index is 11.9. The molecule has 1 aromatic carbocycles. The first-order chi connectivity index (χ1) is 7.33. The average Bonchev–Trinajstić information content (AvgIpc) is 2.19. The van der Waals surface area contributed by atoms with Crippen LogP contribution in [0.3, 0.4) is 0 Å². The van der Waals surface area contributed by atoms with Crippen molar-refractivity contribution in [1.29, 1.82) is 0 Å². The summed E-state index contributed by atoms with van der Waals surface area (Å²) in [4.78, 5) is 0.271. The molecule has 4 heteroatoms. The first-order valence-corrected chi connectivity index (χ1v) is 6.70. The lowest BCUT2D eigenvalue weighted by atomic mass is 10.2. The van der Waals surface area contributed by atoms with Crippen molar-refractivity contribution in [3.63, 3.8) is 0 Å². The number of aryl methyl sites for hydroxylation is 2. The third-order valence-corrected chi connectivity index (χ3v) is 3.59. The lowest BCUT2D eigenvalue weighted by Crippen LogP contribution is -2.12. The highest BCUT2D eigenvalue weighted by molar-refractivity contribution is 7.86. The summed E-state index contributed by atoms with van der Waals surface area (Å²) in [6.07, 6.45) is 0. The molecule has 0 saturated heterocycles. The molecule has 0 fully saturated rings. The van der Waals surface area contributed by atoms with Crippen LogP contribution >= 0.6 is 0 Å². The third kappa shape index (κ3) is 3.32. The molecule has 3 nitrogen and oxygen atoms in total. The van der Waals surface area contributed by atoms with E-state index in [1.807, 2.05) is 26.8 Å². The monoisotopic (exact) mass is 242 g/mol. The minimum Gasteiger partial charge on any atom is -0.266 e. The zero-order valence-corrected chi connectivity index (χ0v) is 11.0. The second-order valence-corrected chi connectivity index (χ2v) is 5.99. The molecule has 0 atom stereocenters. The van der Waals surface area contributed by atoms with Crippen LogP contribution in [0.15, 0.2) is 23.1 Å². The van der Waals surface area contributed by atoms with Crippen molar-refractivity contribution >= 4 is 10.1 Å². The van der Waals surface area contributed by atoms with Gasteiger partial charge >= 0.3 is 0 Å². The second kappa shape index (κ2) is 4.97. The molecule has 0 unspecified atom stereocenters. The Hall–Kier alpha value is -0.870. The van der Waals surface area contributed by atoms with Crippen LogP contribution in [-0.4, -0.2) is 15.0 Å². The molecular formula is C12H18O3S. The molecule has 0 spiro atoms. The van der Waals surface area contributed by atoms with Gasteiger partial charge in [-0.2, -0.15) is 8.42 Å². The summed E-state index contributed by atoms with van der Waals surface area (Å²) in [5.74, 6) is 0.194. The molecule has 0 aliphatic rings. The van der Waals surface area contributed by atoms with Gasteiger partial charge in [-0.05, 0) is 37.0 Å². The first-order valence-electron chi connectivity index (χ1n) is 5.29. The zero-order valence-electron chi connectivity index (χ0n) is 10.1. The summed E-state index contributed by atoms with van der Waals surface area (Å²) in [7, 11) is -3.61. The van der Waals surface area contributed by atoms with Crippen molar-refractivity contribution in [1.82, 2.24) is 0 Å². The smallest absolute Gasteiger partial charge is 0.266 e. The van der Waals surface area contributed by atoms with E-state index in [1.54, 1.807) is 19.1 Å². The predicted octanol–water partition coefficient (Wildman–Crippen LogP) is 2.66. The topological polar surface area (TPSA) is 43.4 Å². The Bertz CT molecular complexity index is 461. The highest BCUT2D eigenvalue weighted by Crippen LogP contribution is 2.19. The number of rotatable bonds is 4.